The number of carbonyl (C=O) groups excluding carboxylic acids is 2. The Morgan fingerprint density at radius 2 is 1.61 bits per heavy atom. The summed E-state index contributed by atoms with van der Waals surface area (Å²) in [5, 5.41) is 3.71. The molecule has 168 valence electrons. The molecule has 1 N–H and O–H groups in total. The first-order chi connectivity index (χ1) is 14.7. The lowest BCUT2D eigenvalue weighted by atomic mass is 10.1. The molecule has 1 atom stereocenters. The number of amides is 2. The van der Waals surface area contributed by atoms with Gasteiger partial charge in [0, 0.05) is 28.7 Å². The second-order valence-electron chi connectivity index (χ2n) is 7.48. The zero-order chi connectivity index (χ0) is 23.0. The molecule has 0 aromatic heterocycles. The fourth-order valence-electron chi connectivity index (χ4n) is 2.85. The molecule has 0 saturated carbocycles. The highest BCUT2D eigenvalue weighted by molar-refractivity contribution is 6.36. The number of rotatable bonds is 10. The molecule has 0 spiro atoms. The van der Waals surface area contributed by atoms with Crippen LogP contribution in [0.5, 0.6) is 11.5 Å². The molecule has 2 aromatic rings. The van der Waals surface area contributed by atoms with Gasteiger partial charge >= 0.3 is 0 Å². The maximum Gasteiger partial charge on any atom is 0.261 e. The SMILES string of the molecule is COc1ccccc1OCC(=O)N(Cc1c(Cl)cccc1Cl)C(C)C(=O)NCC(C)C. The number of methoxy groups -OCH3 is 1. The normalized spacial score (nSPS) is 11.7. The Kier molecular flexibility index (Phi) is 9.46. The van der Waals surface area contributed by atoms with Crippen molar-refractivity contribution in [3.8, 4) is 11.5 Å². The number of halogens is 2. The summed E-state index contributed by atoms with van der Waals surface area (Å²) in [5.41, 5.74) is 0.569. The number of hydrogen-bond acceptors (Lipinski definition) is 4. The molecule has 2 rings (SSSR count). The van der Waals surface area contributed by atoms with Gasteiger partial charge < -0.3 is 19.7 Å². The maximum absolute atomic E-state index is 13.1. The average Bonchev–Trinajstić information content (AvgIpc) is 2.75. The molecule has 0 aliphatic carbocycles. The lowest BCUT2D eigenvalue weighted by Crippen LogP contribution is -2.49. The van der Waals surface area contributed by atoms with Crippen molar-refractivity contribution in [1.29, 1.82) is 0 Å². The van der Waals surface area contributed by atoms with Crippen molar-refractivity contribution in [1.82, 2.24) is 10.2 Å². The molecule has 0 radical (unpaired) electrons. The molecule has 2 aromatic carbocycles. The Labute approximate surface area is 193 Å². The van der Waals surface area contributed by atoms with Crippen LogP contribution in [0.15, 0.2) is 42.5 Å². The van der Waals surface area contributed by atoms with E-state index in [0.717, 1.165) is 0 Å². The summed E-state index contributed by atoms with van der Waals surface area (Å²) < 4.78 is 10.9. The Bertz CT molecular complexity index is 885. The molecule has 31 heavy (non-hydrogen) atoms. The zero-order valence-electron chi connectivity index (χ0n) is 18.2. The van der Waals surface area contributed by atoms with Gasteiger partial charge in [0.15, 0.2) is 18.1 Å². The first-order valence-electron chi connectivity index (χ1n) is 10.0. The second-order valence-corrected chi connectivity index (χ2v) is 8.29. The number of benzene rings is 2. The Balaban J connectivity index is 2.23. The fraction of sp³-hybridized carbons (Fsp3) is 0.391. The van der Waals surface area contributed by atoms with Crippen LogP contribution in [0.1, 0.15) is 26.3 Å². The predicted octanol–water partition coefficient (Wildman–Crippen LogP) is 4.57. The minimum absolute atomic E-state index is 0.0723. The van der Waals surface area contributed by atoms with Gasteiger partial charge in [-0.3, -0.25) is 9.59 Å². The molecule has 0 saturated heterocycles. The molecule has 0 fully saturated rings. The highest BCUT2D eigenvalue weighted by Gasteiger charge is 2.28. The van der Waals surface area contributed by atoms with E-state index >= 15 is 0 Å². The van der Waals surface area contributed by atoms with Gasteiger partial charge in [-0.25, -0.2) is 0 Å². The van der Waals surface area contributed by atoms with E-state index in [2.05, 4.69) is 5.32 Å². The Morgan fingerprint density at radius 1 is 1.00 bits per heavy atom. The van der Waals surface area contributed by atoms with Crippen LogP contribution in [0.3, 0.4) is 0 Å². The van der Waals surface area contributed by atoms with E-state index < -0.39 is 6.04 Å². The quantitative estimate of drug-likeness (QED) is 0.556. The molecule has 0 aliphatic rings. The van der Waals surface area contributed by atoms with Crippen LogP contribution in [0, 0.1) is 5.92 Å². The summed E-state index contributed by atoms with van der Waals surface area (Å²) in [4.78, 5) is 27.2. The smallest absolute Gasteiger partial charge is 0.261 e. The third kappa shape index (κ3) is 7.04. The summed E-state index contributed by atoms with van der Waals surface area (Å²) >= 11 is 12.6. The number of hydrogen-bond donors (Lipinski definition) is 1. The monoisotopic (exact) mass is 466 g/mol. The molecular formula is C23H28Cl2N2O4. The zero-order valence-corrected chi connectivity index (χ0v) is 19.7. The summed E-state index contributed by atoms with van der Waals surface area (Å²) in [6, 6.07) is 11.4. The lowest BCUT2D eigenvalue weighted by Gasteiger charge is -2.29. The van der Waals surface area contributed by atoms with Crippen LogP contribution in [0.2, 0.25) is 10.0 Å². The minimum atomic E-state index is -0.750. The van der Waals surface area contributed by atoms with E-state index in [1.807, 2.05) is 13.8 Å². The van der Waals surface area contributed by atoms with Gasteiger partial charge in [0.25, 0.3) is 5.91 Å². The van der Waals surface area contributed by atoms with Crippen LogP contribution in [0.25, 0.3) is 0 Å². The van der Waals surface area contributed by atoms with Crippen molar-refractivity contribution in [2.24, 2.45) is 5.92 Å². The van der Waals surface area contributed by atoms with E-state index in [9.17, 15) is 9.59 Å². The topological polar surface area (TPSA) is 67.9 Å². The predicted molar refractivity (Wildman–Crippen MR) is 123 cm³/mol. The van der Waals surface area contributed by atoms with Crippen LogP contribution < -0.4 is 14.8 Å². The van der Waals surface area contributed by atoms with Crippen molar-refractivity contribution in [2.45, 2.75) is 33.4 Å². The molecule has 8 heteroatoms. The van der Waals surface area contributed by atoms with Crippen LogP contribution in [-0.2, 0) is 16.1 Å². The Hall–Kier alpha value is -2.44. The van der Waals surface area contributed by atoms with E-state index in [4.69, 9.17) is 32.7 Å². The van der Waals surface area contributed by atoms with E-state index in [0.29, 0.717) is 33.7 Å². The molecule has 0 bridgehead atoms. The molecular weight excluding hydrogens is 439 g/mol. The minimum Gasteiger partial charge on any atom is -0.493 e. The van der Waals surface area contributed by atoms with Crippen molar-refractivity contribution in [2.75, 3.05) is 20.3 Å². The summed E-state index contributed by atoms with van der Waals surface area (Å²) in [6.45, 7) is 5.97. The maximum atomic E-state index is 13.1. The van der Waals surface area contributed by atoms with Gasteiger partial charge in [-0.2, -0.15) is 0 Å². The molecule has 1 unspecified atom stereocenters. The highest BCUT2D eigenvalue weighted by atomic mass is 35.5. The molecule has 6 nitrogen and oxygen atoms in total. The number of nitrogens with zero attached hydrogens (tertiary/aromatic N) is 1. The number of carbonyl (C=O) groups is 2. The summed E-state index contributed by atoms with van der Waals surface area (Å²) in [5.74, 6) is 0.591. The van der Waals surface area contributed by atoms with Gasteiger partial charge in [-0.15, -0.1) is 0 Å². The van der Waals surface area contributed by atoms with Crippen molar-refractivity contribution < 1.29 is 19.1 Å². The van der Waals surface area contributed by atoms with Gasteiger partial charge in [0.05, 0.1) is 7.11 Å². The lowest BCUT2D eigenvalue weighted by molar-refractivity contribution is -0.142. The number of ether oxygens (including phenoxy) is 2. The van der Waals surface area contributed by atoms with Crippen LogP contribution in [-0.4, -0.2) is 43.0 Å². The van der Waals surface area contributed by atoms with E-state index in [1.165, 1.54) is 12.0 Å². The first-order valence-corrected chi connectivity index (χ1v) is 10.8. The largest absolute Gasteiger partial charge is 0.493 e. The third-order valence-corrected chi connectivity index (χ3v) is 5.37. The number of para-hydroxylation sites is 2. The number of nitrogens with one attached hydrogen (secondary N) is 1. The average molecular weight is 467 g/mol. The fourth-order valence-corrected chi connectivity index (χ4v) is 3.37. The van der Waals surface area contributed by atoms with Crippen LogP contribution in [0.4, 0.5) is 0 Å². The van der Waals surface area contributed by atoms with Gasteiger partial charge in [-0.05, 0) is 37.1 Å². The first kappa shape index (κ1) is 24.8. The molecule has 2 amide bonds. The van der Waals surface area contributed by atoms with Gasteiger partial charge in [-0.1, -0.05) is 55.2 Å². The van der Waals surface area contributed by atoms with Crippen LogP contribution >= 0.6 is 23.2 Å². The standard InChI is InChI=1S/C23H28Cl2N2O4/c1-15(2)12-26-23(29)16(3)27(13-17-18(24)8-7-9-19(17)25)22(28)14-31-21-11-6-5-10-20(21)30-4/h5-11,15-16H,12-14H2,1-4H3,(H,26,29). The van der Waals surface area contributed by atoms with E-state index in [1.54, 1.807) is 49.4 Å². The third-order valence-electron chi connectivity index (χ3n) is 4.66. The van der Waals surface area contributed by atoms with Crippen molar-refractivity contribution in [3.63, 3.8) is 0 Å². The Morgan fingerprint density at radius 3 is 2.19 bits per heavy atom. The van der Waals surface area contributed by atoms with E-state index in [-0.39, 0.29) is 30.9 Å². The van der Waals surface area contributed by atoms with Crippen molar-refractivity contribution in [3.05, 3.63) is 58.1 Å². The second kappa shape index (κ2) is 11.8. The van der Waals surface area contributed by atoms with Crippen molar-refractivity contribution >= 4 is 35.0 Å². The van der Waals surface area contributed by atoms with Gasteiger partial charge in [0.1, 0.15) is 6.04 Å². The summed E-state index contributed by atoms with van der Waals surface area (Å²) in [6.07, 6.45) is 0. The molecule has 0 aliphatic heterocycles. The van der Waals surface area contributed by atoms with Gasteiger partial charge in [0.2, 0.25) is 5.91 Å². The molecule has 0 heterocycles. The summed E-state index contributed by atoms with van der Waals surface area (Å²) in [7, 11) is 1.52. The highest BCUT2D eigenvalue weighted by Crippen LogP contribution is 2.28.